The molecular weight excluding hydrogens is 302 g/mol. The lowest BCUT2D eigenvalue weighted by Gasteiger charge is -2.28. The van der Waals surface area contributed by atoms with Crippen LogP contribution in [0.25, 0.3) is 0 Å². The molecule has 1 amide bonds. The Kier molecular flexibility index (Phi) is 3.72. The van der Waals surface area contributed by atoms with Crippen LogP contribution in [-0.2, 0) is 27.8 Å². The summed E-state index contributed by atoms with van der Waals surface area (Å²) in [6.07, 6.45) is 1.13. The van der Waals surface area contributed by atoms with Gasteiger partial charge in [0.2, 0.25) is 0 Å². The topological polar surface area (TPSA) is 63.7 Å². The molecule has 1 aliphatic heterocycles. The van der Waals surface area contributed by atoms with Crippen molar-refractivity contribution in [3.63, 3.8) is 0 Å². The Morgan fingerprint density at radius 1 is 1.05 bits per heavy atom. The van der Waals surface area contributed by atoms with Crippen LogP contribution in [0.15, 0.2) is 53.4 Å². The van der Waals surface area contributed by atoms with Gasteiger partial charge in [-0.15, -0.1) is 0 Å². The van der Waals surface area contributed by atoms with Gasteiger partial charge in [-0.05, 0) is 35.4 Å². The highest BCUT2D eigenvalue weighted by atomic mass is 32.2. The van der Waals surface area contributed by atoms with E-state index in [9.17, 15) is 13.2 Å². The zero-order valence-corrected chi connectivity index (χ0v) is 12.8. The number of amides is 1. The second-order valence-electron chi connectivity index (χ2n) is 5.18. The number of carbonyl (C=O) groups is 1. The van der Waals surface area contributed by atoms with E-state index in [0.717, 1.165) is 17.4 Å². The fourth-order valence-electron chi connectivity index (χ4n) is 2.32. The van der Waals surface area contributed by atoms with Gasteiger partial charge in [0, 0.05) is 11.8 Å². The molecule has 6 heteroatoms. The summed E-state index contributed by atoms with van der Waals surface area (Å²) in [5.74, 6) is -0.283. The largest absolute Gasteiger partial charge is 0.277 e. The Morgan fingerprint density at radius 2 is 1.68 bits per heavy atom. The molecule has 0 N–H and O–H groups in total. The first kappa shape index (κ1) is 14.7. The van der Waals surface area contributed by atoms with Crippen molar-refractivity contribution in [3.05, 3.63) is 65.2 Å². The molecule has 0 unspecified atom stereocenters. The molecule has 0 saturated heterocycles. The van der Waals surface area contributed by atoms with Crippen molar-refractivity contribution >= 4 is 15.7 Å². The van der Waals surface area contributed by atoms with E-state index in [-0.39, 0.29) is 10.8 Å². The fourth-order valence-corrected chi connectivity index (χ4v) is 2.95. The lowest BCUT2D eigenvalue weighted by Crippen LogP contribution is -2.34. The number of rotatable bonds is 2. The van der Waals surface area contributed by atoms with Gasteiger partial charge >= 0.3 is 0 Å². The lowest BCUT2D eigenvalue weighted by atomic mass is 10.1. The lowest BCUT2D eigenvalue weighted by molar-refractivity contribution is -0.149. The molecule has 0 spiro atoms. The molecule has 0 fully saturated rings. The molecule has 1 aliphatic rings. The van der Waals surface area contributed by atoms with E-state index in [0.29, 0.717) is 18.7 Å². The number of hydrogen-bond acceptors (Lipinski definition) is 4. The Bertz CT molecular complexity index is 812. The molecule has 0 aromatic heterocycles. The van der Waals surface area contributed by atoms with Gasteiger partial charge in [0.1, 0.15) is 6.61 Å². The summed E-state index contributed by atoms with van der Waals surface area (Å²) >= 11 is 0. The summed E-state index contributed by atoms with van der Waals surface area (Å²) in [6.45, 7) is 0.728. The van der Waals surface area contributed by atoms with E-state index in [1.165, 1.54) is 29.3 Å². The minimum absolute atomic E-state index is 0.189. The van der Waals surface area contributed by atoms with Crippen LogP contribution in [0.3, 0.4) is 0 Å². The molecule has 0 aliphatic carbocycles. The molecule has 0 saturated carbocycles. The highest BCUT2D eigenvalue weighted by molar-refractivity contribution is 7.90. The van der Waals surface area contributed by atoms with Crippen molar-refractivity contribution in [2.75, 3.05) is 6.26 Å². The van der Waals surface area contributed by atoms with E-state index in [4.69, 9.17) is 4.84 Å². The van der Waals surface area contributed by atoms with Crippen LogP contribution < -0.4 is 0 Å². The van der Waals surface area contributed by atoms with Crippen LogP contribution in [0.1, 0.15) is 21.5 Å². The van der Waals surface area contributed by atoms with Crippen molar-refractivity contribution in [2.45, 2.75) is 18.0 Å². The second kappa shape index (κ2) is 5.55. The summed E-state index contributed by atoms with van der Waals surface area (Å²) in [7, 11) is -3.27. The van der Waals surface area contributed by atoms with Gasteiger partial charge in [0.05, 0.1) is 11.4 Å². The second-order valence-corrected chi connectivity index (χ2v) is 7.20. The number of carbonyl (C=O) groups excluding carboxylic acids is 1. The number of hydroxylamine groups is 2. The molecule has 3 rings (SSSR count). The summed E-state index contributed by atoms with van der Waals surface area (Å²) in [6, 6.07) is 13.7. The van der Waals surface area contributed by atoms with Crippen LogP contribution in [0.4, 0.5) is 0 Å². The van der Waals surface area contributed by atoms with E-state index >= 15 is 0 Å². The third kappa shape index (κ3) is 2.88. The smallest absolute Gasteiger partial charge is 0.267 e. The van der Waals surface area contributed by atoms with Crippen LogP contribution in [0.2, 0.25) is 0 Å². The third-order valence-electron chi connectivity index (χ3n) is 3.56. The first-order valence-electron chi connectivity index (χ1n) is 6.77. The Morgan fingerprint density at radius 3 is 2.32 bits per heavy atom. The quantitative estimate of drug-likeness (QED) is 0.851. The van der Waals surface area contributed by atoms with E-state index in [2.05, 4.69) is 0 Å². The standard InChI is InChI=1S/C16H15NO4S/c1-22(19,20)15-8-6-12(7-9-15)16(18)17-10-13-4-2-3-5-14(13)11-21-17/h2-9H,10-11H2,1H3. The molecule has 2 aromatic carbocycles. The Hall–Kier alpha value is -2.18. The Balaban J connectivity index is 1.81. The highest BCUT2D eigenvalue weighted by Crippen LogP contribution is 2.21. The van der Waals surface area contributed by atoms with Gasteiger partial charge < -0.3 is 0 Å². The average Bonchev–Trinajstić information content (AvgIpc) is 2.53. The van der Waals surface area contributed by atoms with Crippen molar-refractivity contribution in [1.29, 1.82) is 0 Å². The molecule has 5 nitrogen and oxygen atoms in total. The zero-order valence-electron chi connectivity index (χ0n) is 12.0. The van der Waals surface area contributed by atoms with Gasteiger partial charge in [-0.3, -0.25) is 9.63 Å². The maximum Gasteiger partial charge on any atom is 0.277 e. The van der Waals surface area contributed by atoms with Gasteiger partial charge in [-0.1, -0.05) is 24.3 Å². The number of sulfone groups is 1. The predicted octanol–water partition coefficient (Wildman–Crippen LogP) is 2.18. The molecule has 0 bridgehead atoms. The highest BCUT2D eigenvalue weighted by Gasteiger charge is 2.23. The van der Waals surface area contributed by atoms with Crippen LogP contribution in [0.5, 0.6) is 0 Å². The minimum atomic E-state index is -3.27. The van der Waals surface area contributed by atoms with Crippen LogP contribution in [-0.4, -0.2) is 25.6 Å². The summed E-state index contributed by atoms with van der Waals surface area (Å²) < 4.78 is 22.9. The average molecular weight is 317 g/mol. The molecule has 2 aromatic rings. The number of benzene rings is 2. The van der Waals surface area contributed by atoms with Gasteiger partial charge in [0.25, 0.3) is 5.91 Å². The molecular formula is C16H15NO4S. The maximum absolute atomic E-state index is 12.4. The first-order valence-corrected chi connectivity index (χ1v) is 8.66. The predicted molar refractivity (Wildman–Crippen MR) is 80.7 cm³/mol. The van der Waals surface area contributed by atoms with E-state index in [1.54, 1.807) is 0 Å². The fraction of sp³-hybridized carbons (Fsp3) is 0.188. The molecule has 22 heavy (non-hydrogen) atoms. The molecule has 114 valence electrons. The van der Waals surface area contributed by atoms with E-state index < -0.39 is 9.84 Å². The van der Waals surface area contributed by atoms with Crippen LogP contribution in [0, 0.1) is 0 Å². The summed E-state index contributed by atoms with van der Waals surface area (Å²) in [5.41, 5.74) is 2.51. The third-order valence-corrected chi connectivity index (χ3v) is 4.69. The summed E-state index contributed by atoms with van der Waals surface area (Å²) in [5, 5.41) is 1.30. The monoisotopic (exact) mass is 317 g/mol. The Labute approximate surface area is 129 Å². The minimum Gasteiger partial charge on any atom is -0.267 e. The van der Waals surface area contributed by atoms with Crippen LogP contribution >= 0.6 is 0 Å². The number of hydrogen-bond donors (Lipinski definition) is 0. The SMILES string of the molecule is CS(=O)(=O)c1ccc(C(=O)N2Cc3ccccc3CO2)cc1. The molecule has 1 heterocycles. The van der Waals surface area contributed by atoms with Crippen molar-refractivity contribution in [2.24, 2.45) is 0 Å². The number of nitrogens with zero attached hydrogens (tertiary/aromatic N) is 1. The summed E-state index contributed by atoms with van der Waals surface area (Å²) in [4.78, 5) is 18.1. The van der Waals surface area contributed by atoms with Gasteiger partial charge in [-0.25, -0.2) is 13.5 Å². The van der Waals surface area contributed by atoms with Crippen molar-refractivity contribution in [3.8, 4) is 0 Å². The normalized spacial score (nSPS) is 14.5. The van der Waals surface area contributed by atoms with E-state index in [1.807, 2.05) is 24.3 Å². The van der Waals surface area contributed by atoms with Crippen molar-refractivity contribution in [1.82, 2.24) is 5.06 Å². The molecule has 0 atom stereocenters. The van der Waals surface area contributed by atoms with Gasteiger partial charge in [0.15, 0.2) is 9.84 Å². The maximum atomic E-state index is 12.4. The van der Waals surface area contributed by atoms with Gasteiger partial charge in [-0.2, -0.15) is 0 Å². The molecule has 0 radical (unpaired) electrons. The van der Waals surface area contributed by atoms with Crippen molar-refractivity contribution < 1.29 is 18.0 Å². The first-order chi connectivity index (χ1) is 10.4. The number of fused-ring (bicyclic) bond motifs is 1. The zero-order chi connectivity index (χ0) is 15.7.